The third-order valence-corrected chi connectivity index (χ3v) is 7.31. The molecule has 226 valence electrons. The SMILES string of the molecule is CNc1c(C=N)cccc1-c1cc(NC(=O)C(C)N(C)C(=O)OC(C)(C)C)nc(C#Cc2ccc3c(C)nccc3c2)c1Cl. The summed E-state index contributed by atoms with van der Waals surface area (Å²) in [5.74, 6) is 5.96. The minimum absolute atomic E-state index is 0.200. The van der Waals surface area contributed by atoms with E-state index in [1.807, 2.05) is 49.4 Å². The Morgan fingerprint density at radius 3 is 2.55 bits per heavy atom. The first-order valence-electron chi connectivity index (χ1n) is 14.0. The molecule has 0 fully saturated rings. The van der Waals surface area contributed by atoms with Crippen LogP contribution in [0.3, 0.4) is 0 Å². The van der Waals surface area contributed by atoms with Gasteiger partial charge in [0.25, 0.3) is 0 Å². The Labute approximate surface area is 262 Å². The van der Waals surface area contributed by atoms with Gasteiger partial charge in [-0.3, -0.25) is 14.7 Å². The number of hydrogen-bond acceptors (Lipinski definition) is 7. The lowest BCUT2D eigenvalue weighted by molar-refractivity contribution is -0.120. The molecule has 1 atom stereocenters. The molecule has 0 aliphatic carbocycles. The molecule has 0 radical (unpaired) electrons. The molecule has 2 heterocycles. The van der Waals surface area contributed by atoms with Crippen LogP contribution in [0.25, 0.3) is 21.9 Å². The van der Waals surface area contributed by atoms with Gasteiger partial charge in [0.2, 0.25) is 5.91 Å². The number of amides is 2. The molecule has 0 spiro atoms. The molecular weight excluding hydrogens is 576 g/mol. The van der Waals surface area contributed by atoms with Crippen molar-refractivity contribution in [1.29, 1.82) is 5.41 Å². The average Bonchev–Trinajstić information content (AvgIpc) is 2.99. The molecule has 0 aliphatic rings. The fourth-order valence-corrected chi connectivity index (χ4v) is 4.75. The molecule has 1 unspecified atom stereocenters. The van der Waals surface area contributed by atoms with Crippen molar-refractivity contribution >= 4 is 52.1 Å². The summed E-state index contributed by atoms with van der Waals surface area (Å²) in [6.45, 7) is 8.83. The summed E-state index contributed by atoms with van der Waals surface area (Å²) >= 11 is 6.93. The number of carbonyl (C=O) groups is 2. The Kier molecular flexibility index (Phi) is 9.56. The van der Waals surface area contributed by atoms with E-state index >= 15 is 0 Å². The second-order valence-electron chi connectivity index (χ2n) is 11.2. The summed E-state index contributed by atoms with van der Waals surface area (Å²) in [5.41, 5.74) is 3.83. The quantitative estimate of drug-likeness (QED) is 0.161. The molecule has 0 saturated heterocycles. The molecule has 10 heteroatoms. The third-order valence-electron chi connectivity index (χ3n) is 6.93. The number of fused-ring (bicyclic) bond motifs is 1. The number of likely N-dealkylation sites (N-methyl/N-ethyl adjacent to an activating group) is 1. The molecule has 2 amide bonds. The first-order valence-corrected chi connectivity index (χ1v) is 14.4. The van der Waals surface area contributed by atoms with Crippen LogP contribution in [0.1, 0.15) is 50.2 Å². The van der Waals surface area contributed by atoms with Crippen LogP contribution in [-0.2, 0) is 9.53 Å². The van der Waals surface area contributed by atoms with Gasteiger partial charge in [-0.2, -0.15) is 0 Å². The minimum atomic E-state index is -0.870. The molecule has 4 rings (SSSR count). The number of aryl methyl sites for hydroxylation is 1. The van der Waals surface area contributed by atoms with Gasteiger partial charge >= 0.3 is 6.09 Å². The number of anilines is 2. The Balaban J connectivity index is 1.78. The molecule has 0 aliphatic heterocycles. The van der Waals surface area contributed by atoms with Crippen LogP contribution in [-0.4, -0.2) is 58.8 Å². The van der Waals surface area contributed by atoms with E-state index in [1.165, 1.54) is 18.2 Å². The zero-order valence-electron chi connectivity index (χ0n) is 25.8. The van der Waals surface area contributed by atoms with Crippen LogP contribution in [0, 0.1) is 24.2 Å². The zero-order chi connectivity index (χ0) is 32.2. The molecule has 9 nitrogen and oxygen atoms in total. The number of carbonyl (C=O) groups excluding carboxylic acids is 2. The summed E-state index contributed by atoms with van der Waals surface area (Å²) in [6, 6.07) is 14.1. The second kappa shape index (κ2) is 13.1. The predicted octanol–water partition coefficient (Wildman–Crippen LogP) is 6.89. The van der Waals surface area contributed by atoms with Gasteiger partial charge in [-0.1, -0.05) is 41.8 Å². The van der Waals surface area contributed by atoms with Gasteiger partial charge < -0.3 is 20.8 Å². The Morgan fingerprint density at radius 1 is 1.11 bits per heavy atom. The van der Waals surface area contributed by atoms with Crippen LogP contribution >= 0.6 is 11.6 Å². The van der Waals surface area contributed by atoms with E-state index in [1.54, 1.807) is 47.0 Å². The van der Waals surface area contributed by atoms with Crippen LogP contribution in [0.4, 0.5) is 16.3 Å². The molecule has 44 heavy (non-hydrogen) atoms. The number of benzene rings is 2. The number of nitrogens with zero attached hydrogens (tertiary/aromatic N) is 3. The van der Waals surface area contributed by atoms with Crippen molar-refractivity contribution in [1.82, 2.24) is 14.9 Å². The highest BCUT2D eigenvalue weighted by Crippen LogP contribution is 2.37. The first kappa shape index (κ1) is 32.0. The Hall–Kier alpha value is -4.94. The summed E-state index contributed by atoms with van der Waals surface area (Å²) in [6.07, 6.45) is 2.38. The first-order chi connectivity index (χ1) is 20.8. The number of rotatable bonds is 6. The molecule has 4 aromatic rings. The van der Waals surface area contributed by atoms with Gasteiger partial charge in [-0.05, 0) is 70.2 Å². The topological polar surface area (TPSA) is 120 Å². The minimum Gasteiger partial charge on any atom is -0.444 e. The summed E-state index contributed by atoms with van der Waals surface area (Å²) in [4.78, 5) is 36.0. The van der Waals surface area contributed by atoms with E-state index < -0.39 is 23.6 Å². The molecule has 0 bridgehead atoms. The molecule has 3 N–H and O–H groups in total. The summed E-state index contributed by atoms with van der Waals surface area (Å²) in [5, 5.41) is 16.1. The van der Waals surface area contributed by atoms with Gasteiger partial charge in [0, 0.05) is 59.8 Å². The van der Waals surface area contributed by atoms with Crippen molar-refractivity contribution in [3.05, 3.63) is 82.3 Å². The van der Waals surface area contributed by atoms with Gasteiger partial charge in [0.15, 0.2) is 0 Å². The van der Waals surface area contributed by atoms with E-state index in [0.717, 1.165) is 22.0 Å². The van der Waals surface area contributed by atoms with Crippen molar-refractivity contribution in [2.45, 2.75) is 46.3 Å². The number of halogens is 1. The lowest BCUT2D eigenvalue weighted by atomic mass is 9.99. The number of para-hydroxylation sites is 1. The van der Waals surface area contributed by atoms with Crippen molar-refractivity contribution in [3.63, 3.8) is 0 Å². The molecule has 2 aromatic carbocycles. The van der Waals surface area contributed by atoms with E-state index in [2.05, 4.69) is 32.4 Å². The molecular formula is C34H35ClN6O3. The number of pyridine rings is 2. The monoisotopic (exact) mass is 610 g/mol. The highest BCUT2D eigenvalue weighted by molar-refractivity contribution is 6.34. The molecule has 0 saturated carbocycles. The number of hydrogen-bond donors (Lipinski definition) is 3. The van der Waals surface area contributed by atoms with E-state index in [4.69, 9.17) is 21.7 Å². The maximum atomic E-state index is 13.3. The molecule has 2 aromatic heterocycles. The smallest absolute Gasteiger partial charge is 0.410 e. The zero-order valence-corrected chi connectivity index (χ0v) is 26.6. The number of nitrogens with one attached hydrogen (secondary N) is 3. The predicted molar refractivity (Wildman–Crippen MR) is 177 cm³/mol. The van der Waals surface area contributed by atoms with Crippen LogP contribution in [0.2, 0.25) is 5.02 Å². The lowest BCUT2D eigenvalue weighted by Gasteiger charge is -2.28. The third kappa shape index (κ3) is 7.16. The van der Waals surface area contributed by atoms with Crippen LogP contribution in [0.5, 0.6) is 0 Å². The fourth-order valence-electron chi connectivity index (χ4n) is 4.50. The average molecular weight is 611 g/mol. The fraction of sp³-hybridized carbons (Fsp3) is 0.265. The van der Waals surface area contributed by atoms with Gasteiger partial charge in [0.1, 0.15) is 23.2 Å². The van der Waals surface area contributed by atoms with Crippen molar-refractivity contribution in [2.75, 3.05) is 24.7 Å². The maximum Gasteiger partial charge on any atom is 0.410 e. The highest BCUT2D eigenvalue weighted by Gasteiger charge is 2.27. The Bertz CT molecular complexity index is 1820. The van der Waals surface area contributed by atoms with E-state index in [0.29, 0.717) is 22.4 Å². The summed E-state index contributed by atoms with van der Waals surface area (Å²) < 4.78 is 5.41. The normalized spacial score (nSPS) is 11.6. The van der Waals surface area contributed by atoms with Crippen LogP contribution < -0.4 is 10.6 Å². The van der Waals surface area contributed by atoms with Crippen molar-refractivity contribution in [2.24, 2.45) is 0 Å². The lowest BCUT2D eigenvalue weighted by Crippen LogP contribution is -2.45. The maximum absolute atomic E-state index is 13.3. The van der Waals surface area contributed by atoms with Crippen LogP contribution in [0.15, 0.2) is 54.7 Å². The van der Waals surface area contributed by atoms with Crippen molar-refractivity contribution in [3.8, 4) is 23.0 Å². The van der Waals surface area contributed by atoms with E-state index in [9.17, 15) is 9.59 Å². The Morgan fingerprint density at radius 2 is 1.86 bits per heavy atom. The summed E-state index contributed by atoms with van der Waals surface area (Å²) in [7, 11) is 3.26. The van der Waals surface area contributed by atoms with Gasteiger partial charge in [0.05, 0.1) is 10.7 Å². The second-order valence-corrected chi connectivity index (χ2v) is 11.6. The van der Waals surface area contributed by atoms with Gasteiger partial charge in [-0.15, -0.1) is 0 Å². The van der Waals surface area contributed by atoms with Gasteiger partial charge in [-0.25, -0.2) is 9.78 Å². The number of ether oxygens (including phenoxy) is 1. The largest absolute Gasteiger partial charge is 0.444 e. The highest BCUT2D eigenvalue weighted by atomic mass is 35.5. The van der Waals surface area contributed by atoms with E-state index in [-0.39, 0.29) is 16.5 Å². The van der Waals surface area contributed by atoms with Crippen molar-refractivity contribution < 1.29 is 14.3 Å². The number of aromatic nitrogens is 2. The standard InChI is InChI=1S/C34H35ClN6O3/c1-20-25-13-11-22(17-23(25)15-16-38-20)12-14-28-30(35)27(26-10-8-9-24(19-36)31(26)37-6)18-29(39-28)40-32(42)21(2)41(7)33(43)44-34(3,4)5/h8-11,13,15-19,21,36-37H,1-7H3,(H,39,40,42).